The molecule has 0 bridgehead atoms. The second-order valence-electron chi connectivity index (χ2n) is 3.76. The summed E-state index contributed by atoms with van der Waals surface area (Å²) in [6.45, 7) is 2.19. The molecule has 0 aliphatic carbocycles. The maximum absolute atomic E-state index is 10.4. The molecule has 1 N–H and O–H groups in total. The van der Waals surface area contributed by atoms with Crippen LogP contribution in [0, 0.1) is 0 Å². The Balaban J connectivity index is -0.000000282. The second kappa shape index (κ2) is 11.6. The van der Waals surface area contributed by atoms with Crippen molar-refractivity contribution in [1.29, 1.82) is 0 Å². The zero-order valence-corrected chi connectivity index (χ0v) is 12.8. The third-order valence-electron chi connectivity index (χ3n) is 2.26. The summed E-state index contributed by atoms with van der Waals surface area (Å²) in [4.78, 5) is 0. The van der Waals surface area contributed by atoms with Gasteiger partial charge in [0, 0.05) is 0 Å². The Kier molecular flexibility index (Phi) is 14.4. The van der Waals surface area contributed by atoms with E-state index in [0.717, 1.165) is 12.8 Å². The maximum Gasteiger partial charge on any atom is 2.00 e. The maximum atomic E-state index is 10.4. The monoisotopic (exact) mass is 264 g/mol. The first-order chi connectivity index (χ1) is 6.56. The van der Waals surface area contributed by atoms with Crippen LogP contribution in [0.4, 0.5) is 0 Å². The standard InChI is InChI=1S/C10H22O3S.Ca.2H/c1-2-3-4-5-6-7-8-9-10-14(11,12)13;;;/h2-10H2,1H3,(H,11,12,13);;;/q;+2;2*-1. The average Bonchev–Trinajstić information content (AvgIpc) is 2.08. The molecular formula is C10H24CaO3S. The Hall–Kier alpha value is 1.17. The van der Waals surface area contributed by atoms with Gasteiger partial charge in [-0.15, -0.1) is 0 Å². The largest absolute Gasteiger partial charge is 2.00 e. The molecule has 0 rings (SSSR count). The SMILES string of the molecule is CCCCCCCCCCS(=O)(=O)O.[Ca+2].[H-].[H-]. The van der Waals surface area contributed by atoms with Gasteiger partial charge in [0.25, 0.3) is 10.1 Å². The molecule has 0 aromatic heterocycles. The van der Waals surface area contributed by atoms with Gasteiger partial charge < -0.3 is 2.85 Å². The van der Waals surface area contributed by atoms with Crippen LogP contribution >= 0.6 is 0 Å². The van der Waals surface area contributed by atoms with E-state index in [9.17, 15) is 8.42 Å². The Morgan fingerprint density at radius 3 is 1.73 bits per heavy atom. The topological polar surface area (TPSA) is 54.4 Å². The average molecular weight is 264 g/mol. The Labute approximate surface area is 127 Å². The van der Waals surface area contributed by atoms with E-state index < -0.39 is 10.1 Å². The van der Waals surface area contributed by atoms with E-state index >= 15 is 0 Å². The minimum absolute atomic E-state index is 0. The van der Waals surface area contributed by atoms with Crippen molar-refractivity contribution in [2.24, 2.45) is 0 Å². The van der Waals surface area contributed by atoms with Crippen molar-refractivity contribution >= 4 is 47.9 Å². The molecule has 0 atom stereocenters. The molecule has 0 saturated heterocycles. The summed E-state index contributed by atoms with van der Waals surface area (Å²) in [5.41, 5.74) is 0. The van der Waals surface area contributed by atoms with Gasteiger partial charge in [-0.2, -0.15) is 8.42 Å². The number of rotatable bonds is 9. The fourth-order valence-corrected chi connectivity index (χ4v) is 1.99. The molecule has 0 radical (unpaired) electrons. The van der Waals surface area contributed by atoms with Crippen molar-refractivity contribution in [2.75, 3.05) is 5.75 Å². The molecule has 0 aliphatic heterocycles. The third-order valence-corrected chi connectivity index (χ3v) is 3.06. The van der Waals surface area contributed by atoms with Gasteiger partial charge in [0.2, 0.25) is 0 Å². The molecule has 5 heteroatoms. The van der Waals surface area contributed by atoms with Crippen molar-refractivity contribution in [3.05, 3.63) is 0 Å². The molecule has 0 spiro atoms. The minimum atomic E-state index is -3.73. The molecule has 90 valence electrons. The van der Waals surface area contributed by atoms with Crippen LogP contribution in [0.25, 0.3) is 0 Å². The van der Waals surface area contributed by atoms with Crippen molar-refractivity contribution in [3.63, 3.8) is 0 Å². The van der Waals surface area contributed by atoms with Crippen LogP contribution in [0.3, 0.4) is 0 Å². The van der Waals surface area contributed by atoms with Crippen LogP contribution in [0.1, 0.15) is 61.1 Å². The van der Waals surface area contributed by atoms with Gasteiger partial charge >= 0.3 is 37.7 Å². The van der Waals surface area contributed by atoms with Gasteiger partial charge in [0.05, 0.1) is 5.75 Å². The fourth-order valence-electron chi connectivity index (χ4n) is 1.42. The van der Waals surface area contributed by atoms with Crippen LogP contribution in [0.2, 0.25) is 0 Å². The molecule has 0 fully saturated rings. The smallest absolute Gasteiger partial charge is 1.00 e. The zero-order valence-electron chi connectivity index (χ0n) is 11.7. The van der Waals surface area contributed by atoms with Gasteiger partial charge in [0.1, 0.15) is 0 Å². The number of hydrogen-bond acceptors (Lipinski definition) is 2. The van der Waals surface area contributed by atoms with Crippen LogP contribution in [0.15, 0.2) is 0 Å². The van der Waals surface area contributed by atoms with Crippen LogP contribution < -0.4 is 0 Å². The summed E-state index contributed by atoms with van der Waals surface area (Å²) in [6.07, 6.45) is 8.85. The second-order valence-corrected chi connectivity index (χ2v) is 5.33. The third kappa shape index (κ3) is 17.8. The van der Waals surface area contributed by atoms with Crippen LogP contribution in [0.5, 0.6) is 0 Å². The fraction of sp³-hybridized carbons (Fsp3) is 1.00. The molecule has 0 aromatic carbocycles. The van der Waals surface area contributed by atoms with Crippen LogP contribution in [-0.4, -0.2) is 56.5 Å². The normalized spacial score (nSPS) is 11.1. The van der Waals surface area contributed by atoms with E-state index in [2.05, 4.69) is 6.92 Å². The summed E-state index contributed by atoms with van der Waals surface area (Å²) in [6, 6.07) is 0. The first kappa shape index (κ1) is 18.5. The van der Waals surface area contributed by atoms with Gasteiger partial charge in [-0.3, -0.25) is 4.55 Å². The van der Waals surface area contributed by atoms with E-state index in [0.29, 0.717) is 6.42 Å². The first-order valence-corrected chi connectivity index (χ1v) is 7.12. The van der Waals surface area contributed by atoms with Gasteiger partial charge in [-0.05, 0) is 6.42 Å². The molecule has 0 aromatic rings. The summed E-state index contributed by atoms with van der Waals surface area (Å²) >= 11 is 0. The molecular weight excluding hydrogens is 240 g/mol. The van der Waals surface area contributed by atoms with E-state index in [4.69, 9.17) is 4.55 Å². The molecule has 0 aliphatic rings. The molecule has 3 nitrogen and oxygen atoms in total. The summed E-state index contributed by atoms with van der Waals surface area (Å²) in [5, 5.41) is 0. The zero-order chi connectivity index (χ0) is 10.9. The Morgan fingerprint density at radius 2 is 1.33 bits per heavy atom. The summed E-state index contributed by atoms with van der Waals surface area (Å²) < 4.78 is 29.2. The van der Waals surface area contributed by atoms with E-state index in [1.165, 1.54) is 32.1 Å². The molecule has 0 unspecified atom stereocenters. The van der Waals surface area contributed by atoms with E-state index in [-0.39, 0.29) is 46.3 Å². The number of unbranched alkanes of at least 4 members (excludes halogenated alkanes) is 7. The van der Waals surface area contributed by atoms with Crippen molar-refractivity contribution in [2.45, 2.75) is 58.3 Å². The van der Waals surface area contributed by atoms with E-state index in [1.807, 2.05) is 0 Å². The molecule has 0 amide bonds. The predicted molar refractivity (Wildman–Crippen MR) is 67.0 cm³/mol. The molecule has 15 heavy (non-hydrogen) atoms. The van der Waals surface area contributed by atoms with Gasteiger partial charge in [-0.1, -0.05) is 51.9 Å². The van der Waals surface area contributed by atoms with Gasteiger partial charge in [0.15, 0.2) is 0 Å². The van der Waals surface area contributed by atoms with Crippen molar-refractivity contribution < 1.29 is 15.8 Å². The quantitative estimate of drug-likeness (QED) is 0.396. The van der Waals surface area contributed by atoms with Crippen molar-refractivity contribution in [3.8, 4) is 0 Å². The molecule has 0 saturated carbocycles. The minimum Gasteiger partial charge on any atom is -1.00 e. The molecule has 0 heterocycles. The Bertz CT molecular complexity index is 224. The van der Waals surface area contributed by atoms with Crippen molar-refractivity contribution in [1.82, 2.24) is 0 Å². The predicted octanol–water partition coefficient (Wildman–Crippen LogP) is 2.86. The van der Waals surface area contributed by atoms with Gasteiger partial charge in [-0.25, -0.2) is 0 Å². The number of hydrogen-bond donors (Lipinski definition) is 1. The summed E-state index contributed by atoms with van der Waals surface area (Å²) in [5.74, 6) is -0.0814. The summed E-state index contributed by atoms with van der Waals surface area (Å²) in [7, 11) is -3.73. The Morgan fingerprint density at radius 1 is 0.933 bits per heavy atom. The van der Waals surface area contributed by atoms with Crippen LogP contribution in [-0.2, 0) is 10.1 Å². The van der Waals surface area contributed by atoms with E-state index in [1.54, 1.807) is 0 Å². The first-order valence-electron chi connectivity index (χ1n) is 5.51.